The number of carbonyl (C=O) groups is 1. The van der Waals surface area contributed by atoms with Crippen LogP contribution in [0.4, 0.5) is 0 Å². The Balaban J connectivity index is 1.78. The summed E-state index contributed by atoms with van der Waals surface area (Å²) in [6.45, 7) is 1.70. The molecule has 0 aliphatic carbocycles. The first-order valence-corrected chi connectivity index (χ1v) is 11.8. The molecule has 0 radical (unpaired) electrons. The van der Waals surface area contributed by atoms with E-state index in [0.717, 1.165) is 21.4 Å². The Morgan fingerprint density at radius 1 is 0.933 bits per heavy atom. The summed E-state index contributed by atoms with van der Waals surface area (Å²) in [5.41, 5.74) is 1.01. The van der Waals surface area contributed by atoms with Gasteiger partial charge in [-0.05, 0) is 54.3 Å². The van der Waals surface area contributed by atoms with Gasteiger partial charge in [-0.3, -0.25) is 4.79 Å². The normalized spacial score (nSPS) is 11.6. The Labute approximate surface area is 187 Å². The number of benzene rings is 3. The summed E-state index contributed by atoms with van der Waals surface area (Å²) in [7, 11) is -4.19. The van der Waals surface area contributed by atoms with Crippen LogP contribution in [-0.4, -0.2) is 14.2 Å². The van der Waals surface area contributed by atoms with Crippen molar-refractivity contribution in [3.05, 3.63) is 93.5 Å². The van der Waals surface area contributed by atoms with Gasteiger partial charge in [-0.1, -0.05) is 53.5 Å². The zero-order chi connectivity index (χ0) is 21.5. The lowest BCUT2D eigenvalue weighted by molar-refractivity contribution is 0.103. The van der Waals surface area contributed by atoms with E-state index in [2.05, 4.69) is 0 Å². The second-order valence-electron chi connectivity index (χ2n) is 6.53. The zero-order valence-corrected chi connectivity index (χ0v) is 18.7. The van der Waals surface area contributed by atoms with Crippen molar-refractivity contribution in [2.24, 2.45) is 0 Å². The van der Waals surface area contributed by atoms with Crippen LogP contribution in [0.2, 0.25) is 10.0 Å². The number of thiophene rings is 1. The van der Waals surface area contributed by atoms with Gasteiger partial charge in [0, 0.05) is 20.3 Å². The SMILES string of the molecule is Cc1c(S(=O)(=O)Oc2ccc(Cl)cc2C(=O)c2ccccc2)sc2ccc(Cl)cc12. The number of rotatable bonds is 5. The number of fused-ring (bicyclic) bond motifs is 1. The van der Waals surface area contributed by atoms with E-state index in [1.54, 1.807) is 55.5 Å². The highest BCUT2D eigenvalue weighted by atomic mass is 35.5. The third-order valence-electron chi connectivity index (χ3n) is 4.50. The predicted molar refractivity (Wildman–Crippen MR) is 121 cm³/mol. The monoisotopic (exact) mass is 476 g/mol. The van der Waals surface area contributed by atoms with Crippen LogP contribution in [0.15, 0.2) is 70.9 Å². The molecule has 0 spiro atoms. The van der Waals surface area contributed by atoms with Crippen LogP contribution in [0.5, 0.6) is 5.75 Å². The van der Waals surface area contributed by atoms with Crippen molar-refractivity contribution in [2.75, 3.05) is 0 Å². The fraction of sp³-hybridized carbons (Fsp3) is 0.0455. The highest BCUT2D eigenvalue weighted by Crippen LogP contribution is 2.37. The molecule has 0 atom stereocenters. The van der Waals surface area contributed by atoms with Gasteiger partial charge in [0.1, 0.15) is 0 Å². The highest BCUT2D eigenvalue weighted by Gasteiger charge is 2.26. The van der Waals surface area contributed by atoms with Crippen molar-refractivity contribution in [1.29, 1.82) is 0 Å². The van der Waals surface area contributed by atoms with Crippen molar-refractivity contribution in [3.8, 4) is 5.75 Å². The Morgan fingerprint density at radius 2 is 1.60 bits per heavy atom. The van der Waals surface area contributed by atoms with Crippen molar-refractivity contribution >= 4 is 60.5 Å². The maximum atomic E-state index is 13.1. The summed E-state index contributed by atoms with van der Waals surface area (Å²) >= 11 is 13.2. The molecule has 0 aliphatic heterocycles. The number of ketones is 1. The summed E-state index contributed by atoms with van der Waals surface area (Å²) < 4.78 is 32.4. The molecule has 3 aromatic carbocycles. The Morgan fingerprint density at radius 3 is 2.33 bits per heavy atom. The second kappa shape index (κ2) is 8.04. The number of halogens is 2. The van der Waals surface area contributed by atoms with Crippen LogP contribution in [0, 0.1) is 6.92 Å². The summed E-state index contributed by atoms with van der Waals surface area (Å²) in [5, 5.41) is 1.56. The molecule has 1 heterocycles. The van der Waals surface area contributed by atoms with Crippen LogP contribution >= 0.6 is 34.5 Å². The first kappa shape index (κ1) is 20.9. The fourth-order valence-corrected chi connectivity index (χ4v) is 6.05. The molecule has 0 saturated heterocycles. The average Bonchev–Trinajstić information content (AvgIpc) is 3.06. The van der Waals surface area contributed by atoms with Crippen molar-refractivity contribution in [1.82, 2.24) is 0 Å². The topological polar surface area (TPSA) is 60.4 Å². The van der Waals surface area contributed by atoms with E-state index in [9.17, 15) is 13.2 Å². The minimum absolute atomic E-state index is 0.0628. The summed E-state index contributed by atoms with van der Waals surface area (Å²) in [6.07, 6.45) is 0. The lowest BCUT2D eigenvalue weighted by Crippen LogP contribution is -2.12. The van der Waals surface area contributed by atoms with Crippen molar-refractivity contribution in [3.63, 3.8) is 0 Å². The van der Waals surface area contributed by atoms with Crippen molar-refractivity contribution in [2.45, 2.75) is 11.1 Å². The first-order valence-electron chi connectivity index (χ1n) is 8.79. The van der Waals surface area contributed by atoms with Crippen LogP contribution in [-0.2, 0) is 10.1 Å². The molecule has 4 nitrogen and oxygen atoms in total. The molecule has 30 heavy (non-hydrogen) atoms. The van der Waals surface area contributed by atoms with Crippen LogP contribution in [0.1, 0.15) is 21.5 Å². The number of aryl methyl sites for hydroxylation is 1. The summed E-state index contributed by atoms with van der Waals surface area (Å²) in [5.74, 6) is -0.466. The fourth-order valence-electron chi connectivity index (χ4n) is 3.06. The van der Waals surface area contributed by atoms with E-state index in [1.807, 2.05) is 0 Å². The van der Waals surface area contributed by atoms with Crippen LogP contribution in [0.25, 0.3) is 10.1 Å². The molecule has 0 fully saturated rings. The molecule has 0 saturated carbocycles. The largest absolute Gasteiger partial charge is 0.378 e. The average molecular weight is 477 g/mol. The Kier molecular flexibility index (Phi) is 5.59. The number of hydrogen-bond donors (Lipinski definition) is 0. The Hall–Kier alpha value is -2.38. The number of carbonyl (C=O) groups excluding carboxylic acids is 1. The second-order valence-corrected chi connectivity index (χ2v) is 10.2. The molecule has 0 N–H and O–H groups in total. The molecular weight excluding hydrogens is 463 g/mol. The standard InChI is InChI=1S/C22H14Cl2O4S2/c1-13-17-11-16(24)8-10-20(17)29-22(13)30(26,27)28-19-9-7-15(23)12-18(19)21(25)14-5-3-2-4-6-14/h2-12H,1H3. The van der Waals surface area contributed by atoms with Gasteiger partial charge in [0.05, 0.1) is 5.56 Å². The van der Waals surface area contributed by atoms with Gasteiger partial charge in [-0.2, -0.15) is 8.42 Å². The van der Waals surface area contributed by atoms with Gasteiger partial charge >= 0.3 is 10.1 Å². The molecule has 0 bridgehead atoms. The molecule has 0 aliphatic rings. The minimum atomic E-state index is -4.19. The van der Waals surface area contributed by atoms with E-state index in [0.29, 0.717) is 21.2 Å². The first-order chi connectivity index (χ1) is 14.3. The quantitative estimate of drug-likeness (QED) is 0.243. The lowest BCUT2D eigenvalue weighted by atomic mass is 10.0. The van der Waals surface area contributed by atoms with E-state index in [4.69, 9.17) is 27.4 Å². The van der Waals surface area contributed by atoms with Gasteiger partial charge in [-0.25, -0.2) is 0 Å². The molecule has 4 rings (SSSR count). The Bertz CT molecular complexity index is 1380. The maximum absolute atomic E-state index is 13.1. The van der Waals surface area contributed by atoms with Gasteiger partial charge in [0.15, 0.2) is 15.7 Å². The minimum Gasteiger partial charge on any atom is -0.378 e. The van der Waals surface area contributed by atoms with E-state index >= 15 is 0 Å². The maximum Gasteiger partial charge on any atom is 0.349 e. The van der Waals surface area contributed by atoms with Crippen LogP contribution < -0.4 is 4.18 Å². The van der Waals surface area contributed by atoms with Gasteiger partial charge in [-0.15, -0.1) is 11.3 Å². The molecule has 8 heteroatoms. The molecular formula is C22H14Cl2O4S2. The summed E-state index contributed by atoms with van der Waals surface area (Å²) in [4.78, 5) is 12.9. The van der Waals surface area contributed by atoms with Crippen LogP contribution in [0.3, 0.4) is 0 Å². The van der Waals surface area contributed by atoms with Gasteiger partial charge in [0.2, 0.25) is 0 Å². The predicted octanol–water partition coefficient (Wildman–Crippen LogP) is 6.52. The lowest BCUT2D eigenvalue weighted by Gasteiger charge is -2.11. The van der Waals surface area contributed by atoms with Gasteiger partial charge in [0.25, 0.3) is 0 Å². The van der Waals surface area contributed by atoms with E-state index in [-0.39, 0.29) is 21.3 Å². The zero-order valence-electron chi connectivity index (χ0n) is 15.6. The van der Waals surface area contributed by atoms with E-state index in [1.165, 1.54) is 18.2 Å². The number of hydrogen-bond acceptors (Lipinski definition) is 5. The molecule has 152 valence electrons. The van der Waals surface area contributed by atoms with Crippen molar-refractivity contribution < 1.29 is 17.4 Å². The highest BCUT2D eigenvalue weighted by molar-refractivity contribution is 7.89. The summed E-state index contributed by atoms with van der Waals surface area (Å²) in [6, 6.07) is 18.0. The molecule has 1 aromatic heterocycles. The molecule has 0 unspecified atom stereocenters. The smallest absolute Gasteiger partial charge is 0.349 e. The van der Waals surface area contributed by atoms with E-state index < -0.39 is 10.1 Å². The third kappa shape index (κ3) is 3.96. The molecule has 4 aromatic rings. The third-order valence-corrected chi connectivity index (χ3v) is 8.06. The van der Waals surface area contributed by atoms with Gasteiger partial charge < -0.3 is 4.18 Å². The molecule has 0 amide bonds.